The molecule has 0 saturated heterocycles. The lowest BCUT2D eigenvalue weighted by atomic mass is 9.93. The molecule has 0 amide bonds. The minimum Gasteiger partial charge on any atom is -0.349 e. The van der Waals surface area contributed by atoms with Crippen LogP contribution in [-0.2, 0) is 0 Å². The molecule has 0 aliphatic carbocycles. The van der Waals surface area contributed by atoms with Gasteiger partial charge in [0.2, 0.25) is 16.5 Å². The zero-order valence-corrected chi connectivity index (χ0v) is 11.4. The summed E-state index contributed by atoms with van der Waals surface area (Å²) in [7, 11) is 0. The first kappa shape index (κ1) is 13.5. The summed E-state index contributed by atoms with van der Waals surface area (Å²) < 4.78 is 0. The quantitative estimate of drug-likeness (QED) is 0.904. The fourth-order valence-electron chi connectivity index (χ4n) is 1.76. The maximum absolute atomic E-state index is 5.70. The SMILES string of the molecule is CC(C)CC(C)(C)Nc1nc(Cl)nc(Cl)n1. The molecule has 1 rings (SSSR count). The Morgan fingerprint density at radius 1 is 1.12 bits per heavy atom. The van der Waals surface area contributed by atoms with Crippen LogP contribution in [0.1, 0.15) is 34.1 Å². The second-order valence-corrected chi connectivity index (χ2v) is 5.48. The molecular formula is C10H16Cl2N4. The van der Waals surface area contributed by atoms with Gasteiger partial charge in [0.15, 0.2) is 0 Å². The number of halogens is 2. The van der Waals surface area contributed by atoms with Gasteiger partial charge in [-0.05, 0) is 49.4 Å². The molecule has 4 nitrogen and oxygen atoms in total. The van der Waals surface area contributed by atoms with Gasteiger partial charge in [0.1, 0.15) is 0 Å². The molecule has 1 heterocycles. The summed E-state index contributed by atoms with van der Waals surface area (Å²) in [6.07, 6.45) is 0.994. The summed E-state index contributed by atoms with van der Waals surface area (Å²) in [4.78, 5) is 11.6. The second kappa shape index (κ2) is 5.15. The average molecular weight is 263 g/mol. The Morgan fingerprint density at radius 3 is 2.06 bits per heavy atom. The Kier molecular flexibility index (Phi) is 4.33. The van der Waals surface area contributed by atoms with Gasteiger partial charge in [-0.25, -0.2) is 0 Å². The Balaban J connectivity index is 2.79. The van der Waals surface area contributed by atoms with E-state index < -0.39 is 0 Å². The Bertz CT molecular complexity index is 346. The molecule has 0 radical (unpaired) electrons. The van der Waals surface area contributed by atoms with Gasteiger partial charge in [0, 0.05) is 5.54 Å². The van der Waals surface area contributed by atoms with E-state index in [-0.39, 0.29) is 16.1 Å². The molecule has 0 bridgehead atoms. The maximum atomic E-state index is 5.70. The zero-order chi connectivity index (χ0) is 12.3. The lowest BCUT2D eigenvalue weighted by Gasteiger charge is -2.28. The minimum absolute atomic E-state index is 0.0999. The van der Waals surface area contributed by atoms with Crippen LogP contribution in [0.3, 0.4) is 0 Å². The van der Waals surface area contributed by atoms with Gasteiger partial charge < -0.3 is 5.32 Å². The summed E-state index contributed by atoms with van der Waals surface area (Å²) in [5.41, 5.74) is -0.109. The van der Waals surface area contributed by atoms with Crippen molar-refractivity contribution >= 4 is 29.2 Å². The third-order valence-electron chi connectivity index (χ3n) is 1.95. The van der Waals surface area contributed by atoms with Crippen molar-refractivity contribution in [2.45, 2.75) is 39.7 Å². The largest absolute Gasteiger partial charge is 0.349 e. The van der Waals surface area contributed by atoms with Crippen LogP contribution in [0.15, 0.2) is 0 Å². The van der Waals surface area contributed by atoms with E-state index in [1.165, 1.54) is 0 Å². The summed E-state index contributed by atoms with van der Waals surface area (Å²) in [6, 6.07) is 0. The molecule has 16 heavy (non-hydrogen) atoms. The third-order valence-corrected chi connectivity index (χ3v) is 2.29. The molecule has 0 fully saturated rings. The smallest absolute Gasteiger partial charge is 0.228 e. The lowest BCUT2D eigenvalue weighted by Crippen LogP contribution is -2.33. The van der Waals surface area contributed by atoms with Crippen molar-refractivity contribution in [1.29, 1.82) is 0 Å². The van der Waals surface area contributed by atoms with E-state index in [0.717, 1.165) is 6.42 Å². The van der Waals surface area contributed by atoms with Crippen LogP contribution >= 0.6 is 23.2 Å². The molecule has 0 aromatic carbocycles. The van der Waals surface area contributed by atoms with Gasteiger partial charge in [-0.1, -0.05) is 13.8 Å². The van der Waals surface area contributed by atoms with Crippen LogP contribution in [0.4, 0.5) is 5.95 Å². The van der Waals surface area contributed by atoms with Crippen LogP contribution in [0, 0.1) is 5.92 Å². The van der Waals surface area contributed by atoms with Gasteiger partial charge >= 0.3 is 0 Å². The third kappa shape index (κ3) is 4.49. The molecule has 1 N–H and O–H groups in total. The molecule has 1 aromatic heterocycles. The fourth-order valence-corrected chi connectivity index (χ4v) is 2.12. The standard InChI is InChI=1S/C10H16Cl2N4/c1-6(2)5-10(3,4)16-9-14-7(11)13-8(12)15-9/h6H,5H2,1-4H3,(H,13,14,15,16). The first-order chi connectivity index (χ1) is 7.28. The predicted octanol–water partition coefficient (Wildman–Crippen LogP) is 3.42. The molecular weight excluding hydrogens is 247 g/mol. The van der Waals surface area contributed by atoms with Crippen LogP contribution in [0.5, 0.6) is 0 Å². The van der Waals surface area contributed by atoms with E-state index >= 15 is 0 Å². The zero-order valence-electron chi connectivity index (χ0n) is 9.88. The molecule has 6 heteroatoms. The molecule has 0 spiro atoms. The summed E-state index contributed by atoms with van der Waals surface area (Å²) in [5.74, 6) is 0.992. The normalized spacial score (nSPS) is 11.9. The van der Waals surface area contributed by atoms with Gasteiger partial charge in [0.05, 0.1) is 0 Å². The van der Waals surface area contributed by atoms with Crippen molar-refractivity contribution in [1.82, 2.24) is 15.0 Å². The average Bonchev–Trinajstić information content (AvgIpc) is 1.95. The van der Waals surface area contributed by atoms with Crippen molar-refractivity contribution in [3.8, 4) is 0 Å². The molecule has 0 aliphatic rings. The van der Waals surface area contributed by atoms with Crippen LogP contribution in [0.25, 0.3) is 0 Å². The van der Waals surface area contributed by atoms with Crippen LogP contribution in [0.2, 0.25) is 10.6 Å². The summed E-state index contributed by atoms with van der Waals surface area (Å²) in [5, 5.41) is 3.40. The monoisotopic (exact) mass is 262 g/mol. The van der Waals surface area contributed by atoms with E-state index in [9.17, 15) is 0 Å². The van der Waals surface area contributed by atoms with E-state index in [0.29, 0.717) is 11.9 Å². The van der Waals surface area contributed by atoms with Crippen molar-refractivity contribution in [2.75, 3.05) is 5.32 Å². The molecule has 0 unspecified atom stereocenters. The number of hydrogen-bond donors (Lipinski definition) is 1. The molecule has 90 valence electrons. The van der Waals surface area contributed by atoms with Crippen molar-refractivity contribution in [2.24, 2.45) is 5.92 Å². The fraction of sp³-hybridized carbons (Fsp3) is 0.700. The molecule has 0 aliphatic heterocycles. The van der Waals surface area contributed by atoms with Crippen LogP contribution in [-0.4, -0.2) is 20.5 Å². The highest BCUT2D eigenvalue weighted by Gasteiger charge is 2.20. The number of rotatable bonds is 4. The van der Waals surface area contributed by atoms with Crippen molar-refractivity contribution in [3.05, 3.63) is 10.6 Å². The van der Waals surface area contributed by atoms with Gasteiger partial charge in [-0.2, -0.15) is 15.0 Å². The summed E-state index contributed by atoms with van der Waals surface area (Å²) >= 11 is 11.4. The highest BCUT2D eigenvalue weighted by molar-refractivity contribution is 6.31. The number of nitrogens with one attached hydrogen (secondary N) is 1. The Hall–Kier alpha value is -0.610. The lowest BCUT2D eigenvalue weighted by molar-refractivity contribution is 0.426. The van der Waals surface area contributed by atoms with Crippen molar-refractivity contribution < 1.29 is 0 Å². The molecule has 0 saturated carbocycles. The predicted molar refractivity (Wildman–Crippen MR) is 67.0 cm³/mol. The number of anilines is 1. The highest BCUT2D eigenvalue weighted by Crippen LogP contribution is 2.21. The van der Waals surface area contributed by atoms with Gasteiger partial charge in [-0.15, -0.1) is 0 Å². The van der Waals surface area contributed by atoms with Crippen molar-refractivity contribution in [3.63, 3.8) is 0 Å². The topological polar surface area (TPSA) is 50.7 Å². The van der Waals surface area contributed by atoms with Gasteiger partial charge in [0.25, 0.3) is 0 Å². The Labute approximate surface area is 106 Å². The van der Waals surface area contributed by atoms with E-state index in [2.05, 4.69) is 48.0 Å². The van der Waals surface area contributed by atoms with Gasteiger partial charge in [-0.3, -0.25) is 0 Å². The molecule has 1 aromatic rings. The van der Waals surface area contributed by atoms with Crippen LogP contribution < -0.4 is 5.32 Å². The maximum Gasteiger partial charge on any atom is 0.228 e. The highest BCUT2D eigenvalue weighted by atomic mass is 35.5. The van der Waals surface area contributed by atoms with E-state index in [1.807, 2.05) is 0 Å². The second-order valence-electron chi connectivity index (χ2n) is 4.80. The molecule has 0 atom stereocenters. The summed E-state index contributed by atoms with van der Waals surface area (Å²) in [6.45, 7) is 8.49. The number of hydrogen-bond acceptors (Lipinski definition) is 4. The minimum atomic E-state index is -0.109. The Morgan fingerprint density at radius 2 is 1.62 bits per heavy atom. The first-order valence-corrected chi connectivity index (χ1v) is 5.89. The van der Waals surface area contributed by atoms with E-state index in [1.54, 1.807) is 0 Å². The number of nitrogens with zero attached hydrogens (tertiary/aromatic N) is 3. The number of aromatic nitrogens is 3. The van der Waals surface area contributed by atoms with E-state index in [4.69, 9.17) is 23.2 Å². The first-order valence-electron chi connectivity index (χ1n) is 5.14.